The van der Waals surface area contributed by atoms with E-state index in [2.05, 4.69) is 46.2 Å². The van der Waals surface area contributed by atoms with Crippen molar-refractivity contribution in [3.63, 3.8) is 0 Å². The number of aliphatic hydroxyl groups is 1. The Morgan fingerprint density at radius 2 is 1.72 bits per heavy atom. The Balaban J connectivity index is 1.36. The highest BCUT2D eigenvalue weighted by molar-refractivity contribution is 7.80. The van der Waals surface area contributed by atoms with Gasteiger partial charge in [0.25, 0.3) is 0 Å². The molecule has 0 spiro atoms. The summed E-state index contributed by atoms with van der Waals surface area (Å²) >= 11 is 5.24. The van der Waals surface area contributed by atoms with E-state index in [1.165, 1.54) is 5.69 Å². The number of hydrogen-bond donors (Lipinski definition) is 2. The Hall–Kier alpha value is -2.48. The van der Waals surface area contributed by atoms with Gasteiger partial charge >= 0.3 is 5.97 Å². The summed E-state index contributed by atoms with van der Waals surface area (Å²) in [5.41, 5.74) is 8.85. The zero-order valence-corrected chi connectivity index (χ0v) is 22.5. The van der Waals surface area contributed by atoms with E-state index in [1.807, 2.05) is 32.9 Å². The second-order valence-corrected chi connectivity index (χ2v) is 11.6. The summed E-state index contributed by atoms with van der Waals surface area (Å²) in [4.78, 5) is 17.7. The topological polar surface area (TPSA) is 79.0 Å². The van der Waals surface area contributed by atoms with E-state index in [0.29, 0.717) is 23.9 Å². The minimum Gasteiger partial charge on any atom is -0.460 e. The molecule has 3 N–H and O–H groups in total. The Labute approximate surface area is 220 Å². The third kappa shape index (κ3) is 6.64. The number of nitrogens with two attached hydrogens (primary N) is 1. The number of carbonyl (C=O) groups is 1. The summed E-state index contributed by atoms with van der Waals surface area (Å²) in [7, 11) is 0. The molecule has 2 aromatic carbocycles. The van der Waals surface area contributed by atoms with Gasteiger partial charge in [-0.25, -0.2) is 0 Å². The molecular formula is C29H39N3O3S. The predicted molar refractivity (Wildman–Crippen MR) is 149 cm³/mol. The lowest BCUT2D eigenvalue weighted by Crippen LogP contribution is -2.53. The maximum atomic E-state index is 12.3. The number of nitrogens with zero attached hydrogens (tertiary/aromatic N) is 2. The van der Waals surface area contributed by atoms with Crippen molar-refractivity contribution < 1.29 is 14.6 Å². The van der Waals surface area contributed by atoms with Crippen LogP contribution in [-0.2, 0) is 9.53 Å². The molecule has 0 radical (unpaired) electrons. The number of piperazine rings is 1. The van der Waals surface area contributed by atoms with Crippen LogP contribution in [-0.4, -0.2) is 64.4 Å². The molecule has 36 heavy (non-hydrogen) atoms. The number of hydrogen-bond acceptors (Lipinski definition) is 6. The highest BCUT2D eigenvalue weighted by Gasteiger charge is 2.38. The van der Waals surface area contributed by atoms with Gasteiger partial charge in [-0.2, -0.15) is 0 Å². The standard InChI is InChI=1S/C29H39N3O3S/c1-28(2,3)35-26(33)20-29(34)13-11-23(12-14-29)31-15-17-32(18-16-31)25-10-9-22(27(30)36)19-24(25)21-7-5-4-6-8-21/h4-10,19,23,34H,11-18,20H2,1-3H3,(H2,30,36). The van der Waals surface area contributed by atoms with Crippen molar-refractivity contribution in [2.45, 2.75) is 70.1 Å². The molecule has 194 valence electrons. The molecule has 0 amide bonds. The predicted octanol–water partition coefficient (Wildman–Crippen LogP) is 4.52. The van der Waals surface area contributed by atoms with Crippen molar-refractivity contribution in [3.05, 3.63) is 54.1 Å². The van der Waals surface area contributed by atoms with Gasteiger partial charge in [-0.05, 0) is 70.2 Å². The van der Waals surface area contributed by atoms with Gasteiger partial charge in [0.15, 0.2) is 0 Å². The van der Waals surface area contributed by atoms with Crippen LogP contribution in [0.15, 0.2) is 48.5 Å². The molecule has 1 saturated heterocycles. The number of anilines is 1. The van der Waals surface area contributed by atoms with Gasteiger partial charge in [-0.15, -0.1) is 0 Å². The molecule has 1 saturated carbocycles. The highest BCUT2D eigenvalue weighted by atomic mass is 32.1. The monoisotopic (exact) mass is 509 g/mol. The average molecular weight is 510 g/mol. The Morgan fingerprint density at radius 1 is 1.08 bits per heavy atom. The van der Waals surface area contributed by atoms with Crippen molar-refractivity contribution in [1.82, 2.24) is 4.90 Å². The maximum Gasteiger partial charge on any atom is 0.309 e. The minimum atomic E-state index is -0.948. The van der Waals surface area contributed by atoms with Crippen molar-refractivity contribution in [1.29, 1.82) is 0 Å². The van der Waals surface area contributed by atoms with E-state index in [9.17, 15) is 9.90 Å². The second kappa shape index (κ2) is 10.9. The lowest BCUT2D eigenvalue weighted by Gasteiger charge is -2.44. The third-order valence-electron chi connectivity index (χ3n) is 7.32. The van der Waals surface area contributed by atoms with E-state index in [0.717, 1.165) is 55.7 Å². The first-order valence-corrected chi connectivity index (χ1v) is 13.4. The zero-order chi connectivity index (χ0) is 25.9. The van der Waals surface area contributed by atoms with Crippen LogP contribution in [0.2, 0.25) is 0 Å². The summed E-state index contributed by atoms with van der Waals surface area (Å²) < 4.78 is 5.44. The molecule has 0 unspecified atom stereocenters. The number of rotatable bonds is 6. The largest absolute Gasteiger partial charge is 0.460 e. The quantitative estimate of drug-likeness (QED) is 0.438. The number of benzene rings is 2. The first kappa shape index (κ1) is 26.6. The number of esters is 1. The minimum absolute atomic E-state index is 0.0786. The molecule has 2 aromatic rings. The van der Waals surface area contributed by atoms with E-state index in [4.69, 9.17) is 22.7 Å². The fourth-order valence-corrected chi connectivity index (χ4v) is 5.60. The summed E-state index contributed by atoms with van der Waals surface area (Å²) in [6, 6.07) is 17.1. The lowest BCUT2D eigenvalue weighted by molar-refractivity contribution is -0.162. The van der Waals surface area contributed by atoms with Gasteiger partial charge in [0.05, 0.1) is 12.0 Å². The molecule has 0 atom stereocenters. The third-order valence-corrected chi connectivity index (χ3v) is 7.55. The van der Waals surface area contributed by atoms with Crippen LogP contribution in [0.1, 0.15) is 58.4 Å². The van der Waals surface area contributed by atoms with Gasteiger partial charge in [0.1, 0.15) is 10.6 Å². The van der Waals surface area contributed by atoms with E-state index in [-0.39, 0.29) is 12.4 Å². The summed E-state index contributed by atoms with van der Waals surface area (Å²) in [6.07, 6.45) is 3.15. The van der Waals surface area contributed by atoms with Crippen LogP contribution < -0.4 is 10.6 Å². The van der Waals surface area contributed by atoms with Gasteiger partial charge < -0.3 is 20.5 Å². The summed E-state index contributed by atoms with van der Waals surface area (Å²) in [5.74, 6) is -0.312. The fourth-order valence-electron chi connectivity index (χ4n) is 5.47. The van der Waals surface area contributed by atoms with Gasteiger partial charge in [-0.1, -0.05) is 42.5 Å². The van der Waals surface area contributed by atoms with Gasteiger partial charge in [0, 0.05) is 49.0 Å². The van der Waals surface area contributed by atoms with Crippen molar-refractivity contribution in [3.8, 4) is 11.1 Å². The number of ether oxygens (including phenoxy) is 1. The van der Waals surface area contributed by atoms with Crippen molar-refractivity contribution in [2.75, 3.05) is 31.1 Å². The summed E-state index contributed by atoms with van der Waals surface area (Å²) in [5, 5.41) is 11.0. The van der Waals surface area contributed by atoms with Crippen molar-refractivity contribution >= 4 is 28.9 Å². The van der Waals surface area contributed by atoms with Crippen molar-refractivity contribution in [2.24, 2.45) is 5.73 Å². The van der Waals surface area contributed by atoms with Crippen LogP contribution >= 0.6 is 12.2 Å². The van der Waals surface area contributed by atoms with E-state index in [1.54, 1.807) is 0 Å². The molecule has 0 aromatic heterocycles. The average Bonchev–Trinajstić information content (AvgIpc) is 2.83. The first-order valence-electron chi connectivity index (χ1n) is 13.0. The van der Waals surface area contributed by atoms with Crippen LogP contribution in [0.5, 0.6) is 0 Å². The molecule has 0 bridgehead atoms. The smallest absolute Gasteiger partial charge is 0.309 e. The van der Waals surface area contributed by atoms with Gasteiger partial charge in [0.2, 0.25) is 0 Å². The zero-order valence-electron chi connectivity index (χ0n) is 21.7. The van der Waals surface area contributed by atoms with Gasteiger partial charge in [-0.3, -0.25) is 9.69 Å². The molecule has 2 fully saturated rings. The van der Waals surface area contributed by atoms with E-state index >= 15 is 0 Å². The molecule has 4 rings (SSSR count). The molecule has 1 heterocycles. The van der Waals surface area contributed by atoms with Crippen LogP contribution in [0.3, 0.4) is 0 Å². The Morgan fingerprint density at radius 3 is 2.31 bits per heavy atom. The summed E-state index contributed by atoms with van der Waals surface area (Å²) in [6.45, 7) is 9.39. The normalized spacial score (nSPS) is 23.3. The maximum absolute atomic E-state index is 12.3. The van der Waals surface area contributed by atoms with Crippen LogP contribution in [0.25, 0.3) is 11.1 Å². The van der Waals surface area contributed by atoms with Crippen LogP contribution in [0.4, 0.5) is 5.69 Å². The van der Waals surface area contributed by atoms with Crippen LogP contribution in [0, 0.1) is 0 Å². The van der Waals surface area contributed by atoms with E-state index < -0.39 is 11.2 Å². The molecule has 2 aliphatic rings. The lowest BCUT2D eigenvalue weighted by atomic mass is 9.79. The Kier molecular flexibility index (Phi) is 8.03. The fraction of sp³-hybridized carbons (Fsp3) is 0.517. The highest BCUT2D eigenvalue weighted by Crippen LogP contribution is 2.36. The first-order chi connectivity index (χ1) is 17.0. The molecular weight excluding hydrogens is 470 g/mol. The molecule has 7 heteroatoms. The molecule has 1 aliphatic carbocycles. The number of thiocarbonyl (C=S) groups is 1. The number of carbonyl (C=O) groups excluding carboxylic acids is 1. The SMILES string of the molecule is CC(C)(C)OC(=O)CC1(O)CCC(N2CCN(c3ccc(C(N)=S)cc3-c3ccccc3)CC2)CC1. The Bertz CT molecular complexity index is 1070. The second-order valence-electron chi connectivity index (χ2n) is 11.2. The molecule has 6 nitrogen and oxygen atoms in total. The molecule has 1 aliphatic heterocycles.